The summed E-state index contributed by atoms with van der Waals surface area (Å²) in [5, 5.41) is 13.5. The van der Waals surface area contributed by atoms with Gasteiger partial charge in [-0.3, -0.25) is 4.79 Å². The lowest BCUT2D eigenvalue weighted by Gasteiger charge is -2.12. The number of carboxylic acid groups (broad SMARTS) is 1. The molecule has 2 atom stereocenters. The maximum absolute atomic E-state index is 11.2. The molecular weight excluding hydrogens is 212 g/mol. The largest absolute Gasteiger partial charge is 0.480 e. The van der Waals surface area contributed by atoms with Crippen LogP contribution in [0.5, 0.6) is 0 Å². The zero-order valence-corrected chi connectivity index (χ0v) is 9.36. The van der Waals surface area contributed by atoms with Gasteiger partial charge >= 0.3 is 12.0 Å². The van der Waals surface area contributed by atoms with Crippen LogP contribution in [0.4, 0.5) is 4.79 Å². The van der Waals surface area contributed by atoms with Crippen LogP contribution in [-0.2, 0) is 9.53 Å². The third-order valence-electron chi connectivity index (χ3n) is 2.49. The van der Waals surface area contributed by atoms with Crippen molar-refractivity contribution in [2.24, 2.45) is 0 Å². The number of urea groups is 1. The van der Waals surface area contributed by atoms with Crippen LogP contribution in [0.25, 0.3) is 0 Å². The molecule has 0 radical (unpaired) electrons. The highest BCUT2D eigenvalue weighted by Gasteiger charge is 2.16. The molecule has 1 aliphatic rings. The Morgan fingerprint density at radius 1 is 1.56 bits per heavy atom. The van der Waals surface area contributed by atoms with E-state index in [0.717, 1.165) is 25.9 Å². The summed E-state index contributed by atoms with van der Waals surface area (Å²) < 4.78 is 5.39. The fourth-order valence-electron chi connectivity index (χ4n) is 1.53. The molecule has 0 aromatic heterocycles. The van der Waals surface area contributed by atoms with Gasteiger partial charge in [0.1, 0.15) is 6.04 Å². The van der Waals surface area contributed by atoms with E-state index in [1.807, 2.05) is 0 Å². The predicted octanol–water partition coefficient (Wildman–Crippen LogP) is 0.328. The van der Waals surface area contributed by atoms with E-state index in [4.69, 9.17) is 9.84 Å². The van der Waals surface area contributed by atoms with Gasteiger partial charge in [-0.1, -0.05) is 0 Å². The second-order valence-corrected chi connectivity index (χ2v) is 3.88. The molecule has 0 saturated carbocycles. The predicted molar refractivity (Wildman–Crippen MR) is 57.2 cm³/mol. The Morgan fingerprint density at radius 2 is 2.31 bits per heavy atom. The Kier molecular flexibility index (Phi) is 5.04. The van der Waals surface area contributed by atoms with Crippen molar-refractivity contribution < 1.29 is 19.4 Å². The summed E-state index contributed by atoms with van der Waals surface area (Å²) in [5.74, 6) is -1.05. The summed E-state index contributed by atoms with van der Waals surface area (Å²) >= 11 is 0. The Labute approximate surface area is 94.3 Å². The minimum Gasteiger partial charge on any atom is -0.480 e. The molecule has 1 unspecified atom stereocenters. The SMILES string of the molecule is C[C@@H](NC(=O)NCCC1CCCO1)C(=O)O. The van der Waals surface area contributed by atoms with E-state index in [-0.39, 0.29) is 6.10 Å². The van der Waals surface area contributed by atoms with Gasteiger partial charge < -0.3 is 20.5 Å². The number of nitrogens with one attached hydrogen (secondary N) is 2. The van der Waals surface area contributed by atoms with Gasteiger partial charge in [0.2, 0.25) is 0 Å². The fraction of sp³-hybridized carbons (Fsp3) is 0.800. The lowest BCUT2D eigenvalue weighted by Crippen LogP contribution is -2.44. The third kappa shape index (κ3) is 4.48. The van der Waals surface area contributed by atoms with E-state index in [9.17, 15) is 9.59 Å². The highest BCUT2D eigenvalue weighted by atomic mass is 16.5. The molecule has 6 nitrogen and oxygen atoms in total. The lowest BCUT2D eigenvalue weighted by molar-refractivity contribution is -0.138. The average molecular weight is 230 g/mol. The van der Waals surface area contributed by atoms with E-state index >= 15 is 0 Å². The average Bonchev–Trinajstić information content (AvgIpc) is 2.70. The number of aliphatic carboxylic acids is 1. The normalized spacial score (nSPS) is 21.4. The Hall–Kier alpha value is -1.30. The zero-order chi connectivity index (χ0) is 12.0. The van der Waals surface area contributed by atoms with Gasteiger partial charge in [-0.2, -0.15) is 0 Å². The van der Waals surface area contributed by atoms with Gasteiger partial charge in [-0.05, 0) is 26.2 Å². The van der Waals surface area contributed by atoms with Crippen molar-refractivity contribution >= 4 is 12.0 Å². The van der Waals surface area contributed by atoms with Crippen LogP contribution in [0.3, 0.4) is 0 Å². The number of hydrogen-bond acceptors (Lipinski definition) is 3. The monoisotopic (exact) mass is 230 g/mol. The molecule has 0 aliphatic carbocycles. The lowest BCUT2D eigenvalue weighted by atomic mass is 10.2. The van der Waals surface area contributed by atoms with Crippen LogP contribution in [-0.4, -0.2) is 42.4 Å². The van der Waals surface area contributed by atoms with Crippen molar-refractivity contribution in [3.8, 4) is 0 Å². The number of amides is 2. The topological polar surface area (TPSA) is 87.7 Å². The second kappa shape index (κ2) is 6.32. The Balaban J connectivity index is 2.07. The van der Waals surface area contributed by atoms with E-state index in [0.29, 0.717) is 6.54 Å². The van der Waals surface area contributed by atoms with E-state index in [2.05, 4.69) is 10.6 Å². The van der Waals surface area contributed by atoms with Crippen molar-refractivity contribution in [2.45, 2.75) is 38.3 Å². The number of carbonyl (C=O) groups is 2. The number of rotatable bonds is 5. The van der Waals surface area contributed by atoms with Gasteiger partial charge in [0.15, 0.2) is 0 Å². The van der Waals surface area contributed by atoms with Gasteiger partial charge in [0, 0.05) is 13.2 Å². The van der Waals surface area contributed by atoms with Gasteiger partial charge in [0.05, 0.1) is 6.10 Å². The first kappa shape index (κ1) is 12.8. The molecule has 0 bridgehead atoms. The molecule has 1 rings (SSSR count). The molecule has 16 heavy (non-hydrogen) atoms. The molecule has 1 heterocycles. The highest BCUT2D eigenvalue weighted by Crippen LogP contribution is 2.14. The van der Waals surface area contributed by atoms with Crippen LogP contribution in [0.15, 0.2) is 0 Å². The standard InChI is InChI=1S/C10H18N2O4/c1-7(9(13)14)12-10(15)11-5-4-8-3-2-6-16-8/h7-8H,2-6H2,1H3,(H,13,14)(H2,11,12,15)/t7-,8?/m1/s1. The molecule has 92 valence electrons. The molecule has 0 spiro atoms. The molecule has 1 fully saturated rings. The summed E-state index contributed by atoms with van der Waals surface area (Å²) in [7, 11) is 0. The molecule has 1 aliphatic heterocycles. The quantitative estimate of drug-likeness (QED) is 0.635. The van der Waals surface area contributed by atoms with Crippen LogP contribution in [0.1, 0.15) is 26.2 Å². The minimum absolute atomic E-state index is 0.234. The molecular formula is C10H18N2O4. The molecule has 0 aromatic carbocycles. The highest BCUT2D eigenvalue weighted by molar-refractivity contribution is 5.82. The third-order valence-corrected chi connectivity index (χ3v) is 2.49. The van der Waals surface area contributed by atoms with Crippen molar-refractivity contribution in [1.82, 2.24) is 10.6 Å². The maximum Gasteiger partial charge on any atom is 0.325 e. The van der Waals surface area contributed by atoms with Crippen molar-refractivity contribution in [1.29, 1.82) is 0 Å². The molecule has 6 heteroatoms. The summed E-state index contributed by atoms with van der Waals surface area (Å²) in [6.07, 6.45) is 3.12. The fourth-order valence-corrected chi connectivity index (χ4v) is 1.53. The van der Waals surface area contributed by atoms with Gasteiger partial charge in [0.25, 0.3) is 0 Å². The number of carboxylic acids is 1. The van der Waals surface area contributed by atoms with Crippen LogP contribution < -0.4 is 10.6 Å². The maximum atomic E-state index is 11.2. The number of ether oxygens (including phenoxy) is 1. The van der Waals surface area contributed by atoms with Crippen molar-refractivity contribution in [3.63, 3.8) is 0 Å². The molecule has 3 N–H and O–H groups in total. The van der Waals surface area contributed by atoms with Gasteiger partial charge in [-0.25, -0.2) is 4.79 Å². The zero-order valence-electron chi connectivity index (χ0n) is 9.36. The van der Waals surface area contributed by atoms with Crippen molar-refractivity contribution in [2.75, 3.05) is 13.2 Å². The summed E-state index contributed by atoms with van der Waals surface area (Å²) in [6, 6.07) is -1.32. The minimum atomic E-state index is -1.05. The second-order valence-electron chi connectivity index (χ2n) is 3.88. The summed E-state index contributed by atoms with van der Waals surface area (Å²) in [4.78, 5) is 21.7. The number of carbonyl (C=O) groups excluding carboxylic acids is 1. The van der Waals surface area contributed by atoms with E-state index in [1.54, 1.807) is 0 Å². The van der Waals surface area contributed by atoms with E-state index in [1.165, 1.54) is 6.92 Å². The van der Waals surface area contributed by atoms with Gasteiger partial charge in [-0.15, -0.1) is 0 Å². The first-order chi connectivity index (χ1) is 7.59. The Morgan fingerprint density at radius 3 is 2.88 bits per heavy atom. The van der Waals surface area contributed by atoms with Crippen LogP contribution in [0, 0.1) is 0 Å². The molecule has 2 amide bonds. The van der Waals surface area contributed by atoms with Crippen molar-refractivity contribution in [3.05, 3.63) is 0 Å². The van der Waals surface area contributed by atoms with E-state index < -0.39 is 18.0 Å². The summed E-state index contributed by atoms with van der Waals surface area (Å²) in [6.45, 7) is 2.72. The smallest absolute Gasteiger partial charge is 0.325 e. The Bertz CT molecular complexity index is 251. The van der Waals surface area contributed by atoms with Crippen LogP contribution >= 0.6 is 0 Å². The first-order valence-corrected chi connectivity index (χ1v) is 5.48. The van der Waals surface area contributed by atoms with Crippen LogP contribution in [0.2, 0.25) is 0 Å². The first-order valence-electron chi connectivity index (χ1n) is 5.48. The molecule has 1 saturated heterocycles. The number of hydrogen-bond donors (Lipinski definition) is 3. The molecule has 0 aromatic rings. The summed E-state index contributed by atoms with van der Waals surface area (Å²) in [5.41, 5.74) is 0.